The number of halogens is 1. The molecule has 0 aliphatic carbocycles. The Balaban J connectivity index is 1.50. The average Bonchev–Trinajstić information content (AvgIpc) is 3.49. The van der Waals surface area contributed by atoms with Crippen LogP contribution in [0.4, 0.5) is 10.1 Å². The van der Waals surface area contributed by atoms with Crippen molar-refractivity contribution in [2.24, 2.45) is 4.99 Å². The van der Waals surface area contributed by atoms with E-state index in [0.29, 0.717) is 27.1 Å². The molecule has 0 spiro atoms. The Bertz CT molecular complexity index is 2050. The molecule has 0 saturated carbocycles. The predicted molar refractivity (Wildman–Crippen MR) is 169 cm³/mol. The van der Waals surface area contributed by atoms with Gasteiger partial charge in [0.15, 0.2) is 4.80 Å². The van der Waals surface area contributed by atoms with Crippen molar-refractivity contribution in [2.45, 2.75) is 26.4 Å². The van der Waals surface area contributed by atoms with Crippen molar-refractivity contribution in [3.63, 3.8) is 0 Å². The molecule has 0 N–H and O–H groups in total. The van der Waals surface area contributed by atoms with E-state index in [-0.39, 0.29) is 18.0 Å². The molecule has 0 saturated heterocycles. The van der Waals surface area contributed by atoms with Crippen LogP contribution in [0.5, 0.6) is 0 Å². The lowest BCUT2D eigenvalue weighted by Gasteiger charge is -2.25. The molecule has 1 aliphatic rings. The van der Waals surface area contributed by atoms with Crippen LogP contribution in [0.25, 0.3) is 17.0 Å². The Kier molecular flexibility index (Phi) is 7.58. The van der Waals surface area contributed by atoms with E-state index in [1.54, 1.807) is 30.5 Å². The maximum Gasteiger partial charge on any atom is 0.338 e. The Morgan fingerprint density at radius 2 is 1.79 bits per heavy atom. The van der Waals surface area contributed by atoms with Crippen molar-refractivity contribution >= 4 is 40.0 Å². The quantitative estimate of drug-likeness (QED) is 0.249. The standard InChI is InChI=1S/C34H31FN4O3S/c1-5-42-33(41)30-21(2)36-34-39(31(30)23-12-16-26(17-13-23)37(3)4)32(40)29(43-34)18-24-20-38(28-9-7-6-8-27(24)28)19-22-10-14-25(35)15-11-22/h6-18,20,31H,5,19H2,1-4H3. The summed E-state index contributed by atoms with van der Waals surface area (Å²) in [5.74, 6) is -0.756. The minimum atomic E-state index is -0.673. The molecule has 0 bridgehead atoms. The number of para-hydroxylation sites is 1. The molecule has 1 aliphatic heterocycles. The van der Waals surface area contributed by atoms with Gasteiger partial charge in [0.1, 0.15) is 5.82 Å². The van der Waals surface area contributed by atoms with Gasteiger partial charge in [0.25, 0.3) is 5.56 Å². The van der Waals surface area contributed by atoms with Crippen LogP contribution in [-0.2, 0) is 16.1 Å². The third-order valence-electron chi connectivity index (χ3n) is 7.61. The van der Waals surface area contributed by atoms with Crippen molar-refractivity contribution in [3.8, 4) is 0 Å². The molecule has 0 fully saturated rings. The number of fused-ring (bicyclic) bond motifs is 2. The largest absolute Gasteiger partial charge is 0.463 e. The van der Waals surface area contributed by atoms with Crippen LogP contribution in [0.15, 0.2) is 100 Å². The van der Waals surface area contributed by atoms with Crippen LogP contribution in [0.1, 0.15) is 36.6 Å². The summed E-state index contributed by atoms with van der Waals surface area (Å²) in [4.78, 5) is 34.6. The fourth-order valence-electron chi connectivity index (χ4n) is 5.51. The molecule has 1 atom stereocenters. The molecule has 0 radical (unpaired) electrons. The smallest absolute Gasteiger partial charge is 0.338 e. The number of anilines is 1. The summed E-state index contributed by atoms with van der Waals surface area (Å²) < 4.78 is 23.1. The molecule has 5 aromatic rings. The van der Waals surface area contributed by atoms with Crippen molar-refractivity contribution in [1.29, 1.82) is 0 Å². The van der Waals surface area contributed by atoms with Crippen LogP contribution < -0.4 is 19.8 Å². The van der Waals surface area contributed by atoms with Gasteiger partial charge in [0.05, 0.1) is 28.5 Å². The van der Waals surface area contributed by atoms with Gasteiger partial charge in [-0.1, -0.05) is 53.8 Å². The van der Waals surface area contributed by atoms with E-state index in [1.165, 1.54) is 23.5 Å². The maximum absolute atomic E-state index is 14.1. The second-order valence-electron chi connectivity index (χ2n) is 10.6. The molecule has 6 rings (SSSR count). The highest BCUT2D eigenvalue weighted by Gasteiger charge is 2.33. The number of allylic oxidation sites excluding steroid dienone is 1. The van der Waals surface area contributed by atoms with Crippen LogP contribution in [0, 0.1) is 5.82 Å². The zero-order valence-corrected chi connectivity index (χ0v) is 25.2. The molecule has 43 heavy (non-hydrogen) atoms. The van der Waals surface area contributed by atoms with Gasteiger partial charge in [-0.2, -0.15) is 0 Å². The van der Waals surface area contributed by atoms with Crippen molar-refractivity contribution in [2.75, 3.05) is 25.6 Å². The fourth-order valence-corrected chi connectivity index (χ4v) is 6.55. The van der Waals surface area contributed by atoms with Crippen molar-refractivity contribution in [1.82, 2.24) is 9.13 Å². The average molecular weight is 595 g/mol. The van der Waals surface area contributed by atoms with E-state index in [9.17, 15) is 14.0 Å². The van der Waals surface area contributed by atoms with Gasteiger partial charge in [-0.05, 0) is 61.4 Å². The normalized spacial score (nSPS) is 15.0. The number of carbonyl (C=O) groups is 1. The van der Waals surface area contributed by atoms with E-state index in [1.807, 2.05) is 79.8 Å². The number of benzene rings is 3. The lowest BCUT2D eigenvalue weighted by Crippen LogP contribution is -2.39. The molecule has 3 heterocycles. The lowest BCUT2D eigenvalue weighted by atomic mass is 9.95. The number of carbonyl (C=O) groups excluding carboxylic acids is 1. The minimum Gasteiger partial charge on any atom is -0.463 e. The van der Waals surface area contributed by atoms with Gasteiger partial charge < -0.3 is 14.2 Å². The van der Waals surface area contributed by atoms with E-state index in [2.05, 4.69) is 4.57 Å². The zero-order chi connectivity index (χ0) is 30.2. The Hall–Kier alpha value is -4.76. The first-order valence-electron chi connectivity index (χ1n) is 14.0. The highest BCUT2D eigenvalue weighted by atomic mass is 32.1. The summed E-state index contributed by atoms with van der Waals surface area (Å²) in [6, 6.07) is 21.6. The predicted octanol–water partition coefficient (Wildman–Crippen LogP) is 5.01. The number of nitrogens with zero attached hydrogens (tertiary/aromatic N) is 4. The zero-order valence-electron chi connectivity index (χ0n) is 24.4. The van der Waals surface area contributed by atoms with Crippen LogP contribution >= 0.6 is 11.3 Å². The fraction of sp³-hybridized carbons (Fsp3) is 0.206. The number of aromatic nitrogens is 2. The second-order valence-corrected chi connectivity index (χ2v) is 11.7. The molecule has 218 valence electrons. The first kappa shape index (κ1) is 28.4. The van der Waals surface area contributed by atoms with Gasteiger partial charge in [-0.15, -0.1) is 0 Å². The summed E-state index contributed by atoms with van der Waals surface area (Å²) in [7, 11) is 3.92. The van der Waals surface area contributed by atoms with Gasteiger partial charge >= 0.3 is 5.97 Å². The molecule has 2 aromatic heterocycles. The minimum absolute atomic E-state index is 0.217. The number of ether oxygens (including phenoxy) is 1. The van der Waals surface area contributed by atoms with Crippen LogP contribution in [0.2, 0.25) is 0 Å². The van der Waals surface area contributed by atoms with Gasteiger partial charge in [0.2, 0.25) is 0 Å². The number of hydrogen-bond donors (Lipinski definition) is 0. The highest BCUT2D eigenvalue weighted by molar-refractivity contribution is 7.07. The number of esters is 1. The molecule has 3 aromatic carbocycles. The monoisotopic (exact) mass is 594 g/mol. The molecular formula is C34H31FN4O3S. The van der Waals surface area contributed by atoms with Gasteiger partial charge in [-0.3, -0.25) is 9.36 Å². The third-order valence-corrected chi connectivity index (χ3v) is 8.60. The first-order chi connectivity index (χ1) is 20.7. The van der Waals surface area contributed by atoms with Crippen molar-refractivity contribution in [3.05, 3.63) is 132 Å². The highest BCUT2D eigenvalue weighted by Crippen LogP contribution is 2.32. The van der Waals surface area contributed by atoms with E-state index in [0.717, 1.165) is 33.3 Å². The molecule has 7 nitrogen and oxygen atoms in total. The first-order valence-corrected chi connectivity index (χ1v) is 14.9. The maximum atomic E-state index is 14.1. The number of thiazole rings is 1. The second kappa shape index (κ2) is 11.5. The summed E-state index contributed by atoms with van der Waals surface area (Å²) in [6.45, 7) is 4.32. The van der Waals surface area contributed by atoms with E-state index < -0.39 is 12.0 Å². The van der Waals surface area contributed by atoms with Crippen molar-refractivity contribution < 1.29 is 13.9 Å². The summed E-state index contributed by atoms with van der Waals surface area (Å²) in [6.07, 6.45) is 3.90. The molecule has 0 amide bonds. The lowest BCUT2D eigenvalue weighted by molar-refractivity contribution is -0.139. The Labute approximate surface area is 252 Å². The summed E-state index contributed by atoms with van der Waals surface area (Å²) in [5, 5.41) is 0.995. The number of hydrogen-bond acceptors (Lipinski definition) is 6. The molecular weight excluding hydrogens is 563 g/mol. The number of rotatable bonds is 7. The topological polar surface area (TPSA) is 68.8 Å². The summed E-state index contributed by atoms with van der Waals surface area (Å²) in [5.41, 5.74) is 5.32. The molecule has 1 unspecified atom stereocenters. The SMILES string of the molecule is CCOC(=O)C1=C(C)N=c2sc(=Cc3cn(Cc4ccc(F)cc4)c4ccccc34)c(=O)n2C1c1ccc(N(C)C)cc1. The Morgan fingerprint density at radius 3 is 2.49 bits per heavy atom. The van der Waals surface area contributed by atoms with Crippen LogP contribution in [-0.4, -0.2) is 35.8 Å². The van der Waals surface area contributed by atoms with Gasteiger partial charge in [-0.25, -0.2) is 14.2 Å². The third kappa shape index (κ3) is 5.32. The Morgan fingerprint density at radius 1 is 1.07 bits per heavy atom. The van der Waals surface area contributed by atoms with Gasteiger partial charge in [0, 0.05) is 49.0 Å². The van der Waals surface area contributed by atoms with E-state index >= 15 is 0 Å². The molecule has 9 heteroatoms. The summed E-state index contributed by atoms with van der Waals surface area (Å²) >= 11 is 1.30. The van der Waals surface area contributed by atoms with Crippen LogP contribution in [0.3, 0.4) is 0 Å². The van der Waals surface area contributed by atoms with E-state index in [4.69, 9.17) is 9.73 Å².